The van der Waals surface area contributed by atoms with Crippen molar-refractivity contribution in [1.82, 2.24) is 5.32 Å². The number of sulfonamides is 1. The van der Waals surface area contributed by atoms with Crippen molar-refractivity contribution in [3.05, 3.63) is 90.0 Å². The van der Waals surface area contributed by atoms with Crippen molar-refractivity contribution in [2.24, 2.45) is 0 Å². The average Bonchev–Trinajstić information content (AvgIpc) is 2.82. The van der Waals surface area contributed by atoms with E-state index in [0.717, 1.165) is 15.4 Å². The van der Waals surface area contributed by atoms with E-state index in [1.54, 1.807) is 42.5 Å². The number of para-hydroxylation sites is 1. The lowest BCUT2D eigenvalue weighted by molar-refractivity contribution is -0.120. The Morgan fingerprint density at radius 2 is 1.58 bits per heavy atom. The number of nitrogens with zero attached hydrogens (tertiary/aromatic N) is 1. The highest BCUT2D eigenvalue weighted by atomic mass is 32.2. The number of carbonyl (C=O) groups excluding carboxylic acids is 1. The first-order chi connectivity index (χ1) is 15.8. The number of rotatable bonds is 10. The standard InChI is InChI=1S/C26H30N2O4S/c1-4-25(21-13-11-20(3)12-14-21)27-26(29)19-28(22-9-7-6-8-10-22)33(30,31)24-17-15-23(16-18-24)32-5-2/h6-18,25H,4-5,19H2,1-3H3,(H,27,29)/t25-/m0/s1. The van der Waals surface area contributed by atoms with Crippen LogP contribution in [0.25, 0.3) is 0 Å². The molecule has 0 saturated heterocycles. The first-order valence-corrected chi connectivity index (χ1v) is 12.5. The van der Waals surface area contributed by atoms with Gasteiger partial charge >= 0.3 is 0 Å². The van der Waals surface area contributed by atoms with Gasteiger partial charge in [0.1, 0.15) is 12.3 Å². The van der Waals surface area contributed by atoms with Crippen LogP contribution in [0.3, 0.4) is 0 Å². The molecule has 0 radical (unpaired) electrons. The molecule has 33 heavy (non-hydrogen) atoms. The van der Waals surface area contributed by atoms with Gasteiger partial charge in [0.05, 0.1) is 23.2 Å². The minimum absolute atomic E-state index is 0.0909. The number of benzene rings is 3. The highest BCUT2D eigenvalue weighted by Gasteiger charge is 2.28. The van der Waals surface area contributed by atoms with Gasteiger partial charge in [0.25, 0.3) is 10.0 Å². The summed E-state index contributed by atoms with van der Waals surface area (Å²) in [5.41, 5.74) is 2.54. The Morgan fingerprint density at radius 1 is 0.939 bits per heavy atom. The molecule has 1 amide bonds. The fourth-order valence-corrected chi connectivity index (χ4v) is 4.92. The number of hydrogen-bond donors (Lipinski definition) is 1. The SMILES string of the molecule is CCOc1ccc(S(=O)(=O)N(CC(=O)N[C@@H](CC)c2ccc(C)cc2)c2ccccc2)cc1. The fourth-order valence-electron chi connectivity index (χ4n) is 3.50. The van der Waals surface area contributed by atoms with Crippen LogP contribution in [0.15, 0.2) is 83.8 Å². The third-order valence-corrected chi connectivity index (χ3v) is 7.07. The van der Waals surface area contributed by atoms with Crippen LogP contribution in [0.2, 0.25) is 0 Å². The van der Waals surface area contributed by atoms with Crippen molar-refractivity contribution in [2.45, 2.75) is 38.1 Å². The molecule has 3 rings (SSSR count). The van der Waals surface area contributed by atoms with Crippen molar-refractivity contribution in [1.29, 1.82) is 0 Å². The number of amides is 1. The van der Waals surface area contributed by atoms with E-state index in [0.29, 0.717) is 24.5 Å². The van der Waals surface area contributed by atoms with E-state index < -0.39 is 10.0 Å². The second-order valence-corrected chi connectivity index (χ2v) is 9.55. The molecule has 0 bridgehead atoms. The van der Waals surface area contributed by atoms with Crippen LogP contribution in [0.5, 0.6) is 5.75 Å². The van der Waals surface area contributed by atoms with Crippen molar-refractivity contribution < 1.29 is 17.9 Å². The monoisotopic (exact) mass is 466 g/mol. The lowest BCUT2D eigenvalue weighted by Gasteiger charge is -2.26. The summed E-state index contributed by atoms with van der Waals surface area (Å²) in [7, 11) is -3.98. The molecule has 0 aromatic heterocycles. The largest absolute Gasteiger partial charge is 0.494 e. The van der Waals surface area contributed by atoms with Gasteiger partial charge in [-0.2, -0.15) is 0 Å². The van der Waals surface area contributed by atoms with Gasteiger partial charge in [0.15, 0.2) is 0 Å². The normalized spacial score (nSPS) is 12.1. The molecule has 0 aliphatic carbocycles. The van der Waals surface area contributed by atoms with Crippen molar-refractivity contribution in [3.63, 3.8) is 0 Å². The molecular formula is C26H30N2O4S. The third kappa shape index (κ3) is 6.14. The van der Waals surface area contributed by atoms with E-state index in [1.807, 2.05) is 45.0 Å². The van der Waals surface area contributed by atoms with Gasteiger partial charge in [-0.15, -0.1) is 0 Å². The van der Waals surface area contributed by atoms with E-state index in [-0.39, 0.29) is 23.4 Å². The summed E-state index contributed by atoms with van der Waals surface area (Å²) in [5, 5.41) is 2.99. The molecule has 1 N–H and O–H groups in total. The predicted octanol–water partition coefficient (Wildman–Crippen LogP) is 4.86. The number of aryl methyl sites for hydroxylation is 1. The zero-order valence-electron chi connectivity index (χ0n) is 19.2. The zero-order valence-corrected chi connectivity index (χ0v) is 20.0. The van der Waals surface area contributed by atoms with E-state index in [2.05, 4.69) is 5.32 Å². The summed E-state index contributed by atoms with van der Waals surface area (Å²) < 4.78 is 33.6. The third-order valence-electron chi connectivity index (χ3n) is 5.28. The van der Waals surface area contributed by atoms with E-state index in [4.69, 9.17) is 4.74 Å². The summed E-state index contributed by atoms with van der Waals surface area (Å²) in [4.78, 5) is 13.1. The second kappa shape index (κ2) is 11.0. The molecule has 3 aromatic rings. The predicted molar refractivity (Wildman–Crippen MR) is 131 cm³/mol. The Hall–Kier alpha value is -3.32. The lowest BCUT2D eigenvalue weighted by Crippen LogP contribution is -2.42. The number of anilines is 1. The molecule has 0 heterocycles. The number of nitrogens with one attached hydrogen (secondary N) is 1. The molecule has 1 atom stereocenters. The van der Waals surface area contributed by atoms with Gasteiger partial charge in [-0.05, 0) is 62.2 Å². The summed E-state index contributed by atoms with van der Waals surface area (Å²) in [6, 6.07) is 22.6. The van der Waals surface area contributed by atoms with Crippen LogP contribution >= 0.6 is 0 Å². The smallest absolute Gasteiger partial charge is 0.264 e. The summed E-state index contributed by atoms with van der Waals surface area (Å²) in [6.07, 6.45) is 0.686. The second-order valence-electron chi connectivity index (χ2n) is 7.69. The molecule has 3 aromatic carbocycles. The highest BCUT2D eigenvalue weighted by molar-refractivity contribution is 7.92. The molecule has 0 spiro atoms. The van der Waals surface area contributed by atoms with E-state index in [1.165, 1.54) is 12.1 Å². The molecule has 0 unspecified atom stereocenters. The average molecular weight is 467 g/mol. The van der Waals surface area contributed by atoms with Gasteiger partial charge in [-0.3, -0.25) is 9.10 Å². The van der Waals surface area contributed by atoms with Crippen LogP contribution in [0.4, 0.5) is 5.69 Å². The molecule has 6 nitrogen and oxygen atoms in total. The van der Waals surface area contributed by atoms with Crippen molar-refractivity contribution >= 4 is 21.6 Å². The maximum Gasteiger partial charge on any atom is 0.264 e. The van der Waals surface area contributed by atoms with Gasteiger partial charge in [0.2, 0.25) is 5.91 Å². The van der Waals surface area contributed by atoms with Gasteiger partial charge in [-0.1, -0.05) is 55.0 Å². The first-order valence-electron chi connectivity index (χ1n) is 11.0. The fraction of sp³-hybridized carbons (Fsp3) is 0.269. The van der Waals surface area contributed by atoms with Gasteiger partial charge < -0.3 is 10.1 Å². The van der Waals surface area contributed by atoms with Gasteiger partial charge in [-0.25, -0.2) is 8.42 Å². The van der Waals surface area contributed by atoms with Crippen LogP contribution in [-0.2, 0) is 14.8 Å². The summed E-state index contributed by atoms with van der Waals surface area (Å²) >= 11 is 0. The molecule has 0 fully saturated rings. The van der Waals surface area contributed by atoms with Crippen LogP contribution in [0, 0.1) is 6.92 Å². The summed E-state index contributed by atoms with van der Waals surface area (Å²) in [5.74, 6) is 0.213. The Kier molecular flexibility index (Phi) is 8.11. The minimum atomic E-state index is -3.98. The van der Waals surface area contributed by atoms with Crippen LogP contribution in [-0.4, -0.2) is 27.5 Å². The lowest BCUT2D eigenvalue weighted by atomic mass is 10.0. The maximum atomic E-state index is 13.5. The molecular weight excluding hydrogens is 436 g/mol. The van der Waals surface area contributed by atoms with E-state index >= 15 is 0 Å². The Balaban J connectivity index is 1.86. The van der Waals surface area contributed by atoms with Gasteiger partial charge in [0, 0.05) is 0 Å². The maximum absolute atomic E-state index is 13.5. The van der Waals surface area contributed by atoms with Crippen molar-refractivity contribution in [3.8, 4) is 5.75 Å². The molecule has 7 heteroatoms. The molecule has 0 saturated carbocycles. The Bertz CT molecular complexity index is 1150. The van der Waals surface area contributed by atoms with Crippen LogP contribution < -0.4 is 14.4 Å². The first kappa shape index (κ1) is 24.3. The molecule has 0 aliphatic heterocycles. The number of carbonyl (C=O) groups is 1. The Morgan fingerprint density at radius 3 is 2.15 bits per heavy atom. The number of ether oxygens (including phenoxy) is 1. The van der Waals surface area contributed by atoms with E-state index in [9.17, 15) is 13.2 Å². The Labute approximate surface area is 196 Å². The topological polar surface area (TPSA) is 75.7 Å². The minimum Gasteiger partial charge on any atom is -0.494 e. The highest BCUT2D eigenvalue weighted by Crippen LogP contribution is 2.25. The van der Waals surface area contributed by atoms with Crippen molar-refractivity contribution in [2.75, 3.05) is 17.5 Å². The zero-order chi connectivity index (χ0) is 23.8. The number of hydrogen-bond acceptors (Lipinski definition) is 4. The molecule has 0 aliphatic rings. The van der Waals surface area contributed by atoms with Crippen LogP contribution in [0.1, 0.15) is 37.4 Å². The quantitative estimate of drug-likeness (QED) is 0.463. The summed E-state index contributed by atoms with van der Waals surface area (Å²) in [6.45, 7) is 6.01. The molecule has 174 valence electrons.